The lowest BCUT2D eigenvalue weighted by Crippen LogP contribution is -1.49. The van der Waals surface area contributed by atoms with Crippen LogP contribution in [0.15, 0.2) is 29.0 Å². The van der Waals surface area contributed by atoms with Gasteiger partial charge in [0.05, 0.1) is 20.2 Å². The summed E-state index contributed by atoms with van der Waals surface area (Å²) in [4.78, 5) is 3.01. The van der Waals surface area contributed by atoms with Gasteiger partial charge in [-0.05, 0) is 6.07 Å². The lowest BCUT2D eigenvalue weighted by molar-refractivity contribution is 0.616. The Morgan fingerprint density at radius 2 is 2.22 bits per heavy atom. The van der Waals surface area contributed by atoms with E-state index in [2.05, 4.69) is 4.98 Å². The van der Waals surface area contributed by atoms with Gasteiger partial charge in [0.1, 0.15) is 0 Å². The Morgan fingerprint density at radius 3 is 3.00 bits per heavy atom. The molecule has 0 aliphatic rings. The SMILES string of the molecule is B.c1cc2occc2[nH]1. The second-order valence-electron chi connectivity index (χ2n) is 1.68. The summed E-state index contributed by atoms with van der Waals surface area (Å²) in [5.74, 6) is 0. The molecule has 0 aliphatic heterocycles. The minimum Gasteiger partial charge on any atom is -0.463 e. The molecule has 2 rings (SSSR count). The number of fused-ring (bicyclic) bond motifs is 1. The molecule has 0 amide bonds. The monoisotopic (exact) mass is 121 g/mol. The second kappa shape index (κ2) is 2.01. The van der Waals surface area contributed by atoms with E-state index in [0.29, 0.717) is 0 Å². The number of nitrogens with one attached hydrogen (secondary N) is 1. The molecule has 2 nitrogen and oxygen atoms in total. The van der Waals surface area contributed by atoms with Gasteiger partial charge in [-0.2, -0.15) is 0 Å². The van der Waals surface area contributed by atoms with Crippen molar-refractivity contribution >= 4 is 19.5 Å². The standard InChI is InChI=1S/C6H5NO.BH3/c1-3-7-5-2-4-8-6(1)5;/h1-4,7H;1H3. The largest absolute Gasteiger partial charge is 0.463 e. The predicted octanol–water partition coefficient (Wildman–Crippen LogP) is 0.577. The van der Waals surface area contributed by atoms with Crippen LogP contribution in [-0.2, 0) is 0 Å². The highest BCUT2D eigenvalue weighted by Gasteiger charge is 1.91. The van der Waals surface area contributed by atoms with Gasteiger partial charge in [0.25, 0.3) is 0 Å². The van der Waals surface area contributed by atoms with Crippen molar-refractivity contribution in [2.75, 3.05) is 0 Å². The minimum absolute atomic E-state index is 0. The molecule has 3 heteroatoms. The second-order valence-corrected chi connectivity index (χ2v) is 1.68. The van der Waals surface area contributed by atoms with Gasteiger partial charge in [0, 0.05) is 12.3 Å². The summed E-state index contributed by atoms with van der Waals surface area (Å²) in [6, 6.07) is 3.80. The van der Waals surface area contributed by atoms with Gasteiger partial charge in [-0.15, -0.1) is 0 Å². The van der Waals surface area contributed by atoms with Crippen molar-refractivity contribution in [2.45, 2.75) is 0 Å². The van der Waals surface area contributed by atoms with E-state index in [4.69, 9.17) is 4.42 Å². The molecule has 0 unspecified atom stereocenters. The van der Waals surface area contributed by atoms with Crippen LogP contribution in [0.3, 0.4) is 0 Å². The normalized spacial score (nSPS) is 9.33. The maximum Gasteiger partial charge on any atom is 0.151 e. The summed E-state index contributed by atoms with van der Waals surface area (Å²) in [6.07, 6.45) is 3.52. The molecule has 0 fully saturated rings. The third-order valence-electron chi connectivity index (χ3n) is 1.17. The lowest BCUT2D eigenvalue weighted by Gasteiger charge is -1.66. The first-order valence-electron chi connectivity index (χ1n) is 2.47. The molecule has 1 N–H and O–H groups in total. The van der Waals surface area contributed by atoms with Gasteiger partial charge in [0.15, 0.2) is 5.58 Å². The van der Waals surface area contributed by atoms with Crippen molar-refractivity contribution in [3.8, 4) is 0 Å². The Hall–Kier alpha value is -1.12. The van der Waals surface area contributed by atoms with Gasteiger partial charge in [-0.3, -0.25) is 0 Å². The van der Waals surface area contributed by atoms with Crippen LogP contribution < -0.4 is 0 Å². The van der Waals surface area contributed by atoms with E-state index >= 15 is 0 Å². The zero-order valence-corrected chi connectivity index (χ0v) is 4.22. The molecular formula is C6H8BNO. The smallest absolute Gasteiger partial charge is 0.151 e. The van der Waals surface area contributed by atoms with Crippen molar-refractivity contribution in [2.24, 2.45) is 0 Å². The number of furan rings is 1. The molecule has 0 atom stereocenters. The topological polar surface area (TPSA) is 28.9 Å². The zero-order valence-electron chi connectivity index (χ0n) is 4.22. The van der Waals surface area contributed by atoms with E-state index in [1.165, 1.54) is 0 Å². The Labute approximate surface area is 54.4 Å². The molecule has 0 spiro atoms. The van der Waals surface area contributed by atoms with Crippen LogP contribution in [0, 0.1) is 0 Å². The highest BCUT2D eigenvalue weighted by Crippen LogP contribution is 2.10. The fourth-order valence-electron chi connectivity index (χ4n) is 0.776. The fraction of sp³-hybridized carbons (Fsp3) is 0. The van der Waals surface area contributed by atoms with E-state index in [0.717, 1.165) is 11.1 Å². The van der Waals surface area contributed by atoms with Crippen LogP contribution in [0.4, 0.5) is 0 Å². The van der Waals surface area contributed by atoms with Crippen molar-refractivity contribution in [3.63, 3.8) is 0 Å². The zero-order chi connectivity index (χ0) is 5.40. The van der Waals surface area contributed by atoms with Crippen molar-refractivity contribution in [3.05, 3.63) is 24.6 Å². The third-order valence-corrected chi connectivity index (χ3v) is 1.17. The summed E-state index contributed by atoms with van der Waals surface area (Å²) < 4.78 is 5.03. The van der Waals surface area contributed by atoms with E-state index in [1.807, 2.05) is 18.3 Å². The van der Waals surface area contributed by atoms with Crippen LogP contribution in [0.2, 0.25) is 0 Å². The van der Waals surface area contributed by atoms with E-state index in [9.17, 15) is 0 Å². The summed E-state index contributed by atoms with van der Waals surface area (Å²) in [5.41, 5.74) is 1.98. The molecule has 0 bridgehead atoms. The van der Waals surface area contributed by atoms with Gasteiger partial charge in [0.2, 0.25) is 0 Å². The van der Waals surface area contributed by atoms with Gasteiger partial charge < -0.3 is 9.40 Å². The molecule has 2 heterocycles. The molecule has 2 aromatic heterocycles. The molecule has 0 saturated carbocycles. The Morgan fingerprint density at radius 1 is 1.33 bits per heavy atom. The third kappa shape index (κ3) is 0.742. The first-order chi connectivity index (χ1) is 3.97. The van der Waals surface area contributed by atoms with E-state index < -0.39 is 0 Å². The van der Waals surface area contributed by atoms with Crippen molar-refractivity contribution < 1.29 is 4.42 Å². The number of aromatic amines is 1. The first-order valence-corrected chi connectivity index (χ1v) is 2.47. The molecule has 0 saturated heterocycles. The highest BCUT2D eigenvalue weighted by molar-refractivity contribution is 5.75. The van der Waals surface area contributed by atoms with Gasteiger partial charge in [-0.25, -0.2) is 0 Å². The maximum absolute atomic E-state index is 5.03. The van der Waals surface area contributed by atoms with Crippen LogP contribution in [-0.4, -0.2) is 13.4 Å². The fourth-order valence-corrected chi connectivity index (χ4v) is 0.776. The average molecular weight is 121 g/mol. The summed E-state index contributed by atoms with van der Waals surface area (Å²) >= 11 is 0. The molecule has 0 aromatic carbocycles. The van der Waals surface area contributed by atoms with Crippen molar-refractivity contribution in [1.82, 2.24) is 4.98 Å². The Bertz CT molecular complexity index is 234. The average Bonchev–Trinajstić information content (AvgIpc) is 2.15. The Kier molecular flexibility index (Phi) is 1.34. The van der Waals surface area contributed by atoms with E-state index in [-0.39, 0.29) is 8.41 Å². The van der Waals surface area contributed by atoms with Gasteiger partial charge in [-0.1, -0.05) is 0 Å². The van der Waals surface area contributed by atoms with Crippen LogP contribution in [0.5, 0.6) is 0 Å². The Balaban J connectivity index is 0.000000405. The first kappa shape index (κ1) is 6.01. The number of hydrogen-bond donors (Lipinski definition) is 1. The predicted molar refractivity (Wildman–Crippen MR) is 40.5 cm³/mol. The summed E-state index contributed by atoms with van der Waals surface area (Å²) in [7, 11) is 0. The van der Waals surface area contributed by atoms with Crippen LogP contribution in [0.25, 0.3) is 11.1 Å². The molecule has 0 aliphatic carbocycles. The van der Waals surface area contributed by atoms with Crippen molar-refractivity contribution in [1.29, 1.82) is 0 Å². The van der Waals surface area contributed by atoms with E-state index in [1.54, 1.807) is 6.26 Å². The number of H-pyrrole nitrogens is 1. The maximum atomic E-state index is 5.03. The molecule has 9 heavy (non-hydrogen) atoms. The number of aromatic nitrogens is 1. The lowest BCUT2D eigenvalue weighted by atomic mass is 10.5. The van der Waals surface area contributed by atoms with Crippen LogP contribution >= 0.6 is 0 Å². The minimum atomic E-state index is 0. The summed E-state index contributed by atoms with van der Waals surface area (Å²) in [6.45, 7) is 0. The molecule has 46 valence electrons. The molecule has 0 radical (unpaired) electrons. The molecular weight excluding hydrogens is 113 g/mol. The summed E-state index contributed by atoms with van der Waals surface area (Å²) in [5, 5.41) is 0. The number of hydrogen-bond acceptors (Lipinski definition) is 1. The van der Waals surface area contributed by atoms with Gasteiger partial charge >= 0.3 is 0 Å². The number of rotatable bonds is 0. The van der Waals surface area contributed by atoms with Crippen LogP contribution in [0.1, 0.15) is 0 Å². The quantitative estimate of drug-likeness (QED) is 0.507. The highest BCUT2D eigenvalue weighted by atomic mass is 16.3. The molecule has 2 aromatic rings.